The van der Waals surface area contributed by atoms with Crippen LogP contribution in [0.1, 0.15) is 29.1 Å². The number of aromatic nitrogens is 4. The molecule has 0 saturated heterocycles. The van der Waals surface area contributed by atoms with Crippen molar-refractivity contribution in [2.75, 3.05) is 12.0 Å². The van der Waals surface area contributed by atoms with E-state index < -0.39 is 21.8 Å². The summed E-state index contributed by atoms with van der Waals surface area (Å²) >= 11 is 0. The van der Waals surface area contributed by atoms with Gasteiger partial charge in [-0.15, -0.1) is 10.2 Å². The molecule has 112 valence electrons. The van der Waals surface area contributed by atoms with Crippen LogP contribution in [0.4, 0.5) is 5.69 Å². The number of hydrogen-bond donors (Lipinski definition) is 3. The molecular weight excluding hydrogens is 296 g/mol. The summed E-state index contributed by atoms with van der Waals surface area (Å²) in [6.07, 6.45) is 1.05. The first-order valence-electron chi connectivity index (χ1n) is 5.92. The number of anilines is 1. The van der Waals surface area contributed by atoms with Gasteiger partial charge >= 0.3 is 0 Å². The first-order chi connectivity index (χ1) is 9.77. The number of benzene rings is 1. The maximum absolute atomic E-state index is 12.1. The van der Waals surface area contributed by atoms with Crippen LogP contribution >= 0.6 is 0 Å². The van der Waals surface area contributed by atoms with Crippen molar-refractivity contribution in [2.24, 2.45) is 0 Å². The van der Waals surface area contributed by atoms with Crippen molar-refractivity contribution < 1.29 is 13.2 Å². The van der Waals surface area contributed by atoms with Gasteiger partial charge in [0.1, 0.15) is 0 Å². The van der Waals surface area contributed by atoms with E-state index in [-0.39, 0.29) is 16.1 Å². The number of carbonyl (C=O) groups excluding carboxylic acids is 1. The van der Waals surface area contributed by atoms with Gasteiger partial charge < -0.3 is 11.1 Å². The third-order valence-electron chi connectivity index (χ3n) is 2.72. The lowest BCUT2D eigenvalue weighted by Gasteiger charge is -2.11. The number of carbonyl (C=O) groups is 1. The molecule has 1 aromatic heterocycles. The van der Waals surface area contributed by atoms with Crippen LogP contribution in [0.5, 0.6) is 0 Å². The van der Waals surface area contributed by atoms with E-state index in [9.17, 15) is 13.2 Å². The van der Waals surface area contributed by atoms with E-state index >= 15 is 0 Å². The van der Waals surface area contributed by atoms with Crippen LogP contribution in [0.15, 0.2) is 23.1 Å². The number of nitrogens with zero attached hydrogens (tertiary/aromatic N) is 3. The van der Waals surface area contributed by atoms with E-state index in [0.29, 0.717) is 5.82 Å². The number of nitrogens with one attached hydrogen (secondary N) is 2. The van der Waals surface area contributed by atoms with Crippen LogP contribution < -0.4 is 11.1 Å². The summed E-state index contributed by atoms with van der Waals surface area (Å²) in [6, 6.07) is 3.48. The molecule has 0 aliphatic heterocycles. The molecule has 0 saturated carbocycles. The van der Waals surface area contributed by atoms with Crippen molar-refractivity contribution in [1.29, 1.82) is 0 Å². The molecule has 21 heavy (non-hydrogen) atoms. The van der Waals surface area contributed by atoms with Gasteiger partial charge in [0, 0.05) is 17.5 Å². The Kier molecular flexibility index (Phi) is 3.89. The standard InChI is InChI=1S/C11H14N6O3S/c1-6(10-14-16-17-15-10)13-11(18)7-3-8(12)5-9(4-7)21(2,19)20/h3-6H,12H2,1-2H3,(H,13,18)(H,14,15,16,17). The summed E-state index contributed by atoms with van der Waals surface area (Å²) in [5.41, 5.74) is 5.97. The molecule has 0 fully saturated rings. The highest BCUT2D eigenvalue weighted by Gasteiger charge is 2.17. The highest BCUT2D eigenvalue weighted by Crippen LogP contribution is 2.17. The Balaban J connectivity index is 2.25. The third-order valence-corrected chi connectivity index (χ3v) is 3.81. The minimum Gasteiger partial charge on any atom is -0.399 e. The predicted molar refractivity (Wildman–Crippen MR) is 74.0 cm³/mol. The SMILES string of the molecule is CC(NC(=O)c1cc(N)cc(S(C)(=O)=O)c1)c1nn[nH]n1. The highest BCUT2D eigenvalue weighted by molar-refractivity contribution is 7.90. The lowest BCUT2D eigenvalue weighted by atomic mass is 10.1. The maximum atomic E-state index is 12.1. The lowest BCUT2D eigenvalue weighted by molar-refractivity contribution is 0.0938. The molecule has 0 radical (unpaired) electrons. The lowest BCUT2D eigenvalue weighted by Crippen LogP contribution is -2.27. The Morgan fingerprint density at radius 1 is 1.38 bits per heavy atom. The molecule has 1 aromatic carbocycles. The quantitative estimate of drug-likeness (QED) is 0.656. The molecule has 10 heteroatoms. The summed E-state index contributed by atoms with van der Waals surface area (Å²) in [7, 11) is -3.45. The van der Waals surface area contributed by atoms with E-state index in [1.54, 1.807) is 6.92 Å². The minimum absolute atomic E-state index is 0.0140. The highest BCUT2D eigenvalue weighted by atomic mass is 32.2. The molecule has 2 aromatic rings. The van der Waals surface area contributed by atoms with Crippen LogP contribution in [0.25, 0.3) is 0 Å². The number of H-pyrrole nitrogens is 1. The molecular formula is C11H14N6O3S. The van der Waals surface area contributed by atoms with Gasteiger partial charge in [0.2, 0.25) is 0 Å². The van der Waals surface area contributed by atoms with E-state index in [2.05, 4.69) is 25.9 Å². The van der Waals surface area contributed by atoms with Crippen LogP contribution in [-0.4, -0.2) is 41.2 Å². The molecule has 4 N–H and O–H groups in total. The molecule has 0 bridgehead atoms. The van der Waals surface area contributed by atoms with Gasteiger partial charge in [-0.05, 0) is 25.1 Å². The Labute approximate surface area is 120 Å². The number of amides is 1. The van der Waals surface area contributed by atoms with Crippen LogP contribution in [0, 0.1) is 0 Å². The van der Waals surface area contributed by atoms with Gasteiger partial charge in [-0.1, -0.05) is 5.21 Å². The first kappa shape index (κ1) is 14.9. The largest absolute Gasteiger partial charge is 0.399 e. The average molecular weight is 310 g/mol. The zero-order valence-corrected chi connectivity index (χ0v) is 12.2. The second-order valence-corrected chi connectivity index (χ2v) is 6.54. The molecule has 9 nitrogen and oxygen atoms in total. The predicted octanol–water partition coefficient (Wildman–Crippen LogP) is -0.324. The van der Waals surface area contributed by atoms with Crippen molar-refractivity contribution in [3.8, 4) is 0 Å². The molecule has 0 aliphatic carbocycles. The normalized spacial score (nSPS) is 12.9. The monoisotopic (exact) mass is 310 g/mol. The Morgan fingerprint density at radius 3 is 2.67 bits per heavy atom. The Morgan fingerprint density at radius 2 is 2.10 bits per heavy atom. The smallest absolute Gasteiger partial charge is 0.251 e. The first-order valence-corrected chi connectivity index (χ1v) is 7.81. The molecule has 1 unspecified atom stereocenters. The van der Waals surface area contributed by atoms with Crippen LogP contribution in [0.3, 0.4) is 0 Å². The summed E-state index contributed by atoms with van der Waals surface area (Å²) in [4.78, 5) is 12.1. The third kappa shape index (κ3) is 3.54. The fourth-order valence-electron chi connectivity index (χ4n) is 1.66. The number of nitrogen functional groups attached to an aromatic ring is 1. The topological polar surface area (TPSA) is 144 Å². The maximum Gasteiger partial charge on any atom is 0.251 e. The van der Waals surface area contributed by atoms with Crippen molar-refractivity contribution in [1.82, 2.24) is 25.9 Å². The molecule has 0 aliphatic rings. The van der Waals surface area contributed by atoms with Gasteiger partial charge in [0.15, 0.2) is 15.7 Å². The summed E-state index contributed by atoms with van der Waals surface area (Å²) in [6.45, 7) is 1.67. The second-order valence-electron chi connectivity index (χ2n) is 4.53. The summed E-state index contributed by atoms with van der Waals surface area (Å²) in [5, 5.41) is 15.8. The summed E-state index contributed by atoms with van der Waals surface area (Å²) in [5.74, 6) is -0.167. The number of hydrogen-bond acceptors (Lipinski definition) is 7. The van der Waals surface area contributed by atoms with Crippen molar-refractivity contribution in [2.45, 2.75) is 17.9 Å². The fraction of sp³-hybridized carbons (Fsp3) is 0.273. The number of tetrazole rings is 1. The number of aromatic amines is 1. The van der Waals surface area contributed by atoms with Crippen molar-refractivity contribution in [3.63, 3.8) is 0 Å². The van der Waals surface area contributed by atoms with Crippen LogP contribution in [0.2, 0.25) is 0 Å². The van der Waals surface area contributed by atoms with Gasteiger partial charge in [0.25, 0.3) is 5.91 Å². The van der Waals surface area contributed by atoms with E-state index in [0.717, 1.165) is 6.26 Å². The second kappa shape index (κ2) is 5.48. The zero-order chi connectivity index (χ0) is 15.6. The van der Waals surface area contributed by atoms with Gasteiger partial charge in [-0.2, -0.15) is 5.21 Å². The number of nitrogens with two attached hydrogens (primary N) is 1. The van der Waals surface area contributed by atoms with E-state index in [1.165, 1.54) is 18.2 Å². The van der Waals surface area contributed by atoms with Crippen LogP contribution in [-0.2, 0) is 9.84 Å². The number of sulfone groups is 1. The zero-order valence-electron chi connectivity index (χ0n) is 11.4. The minimum atomic E-state index is -3.45. The Hall–Kier alpha value is -2.49. The molecule has 1 heterocycles. The van der Waals surface area contributed by atoms with E-state index in [4.69, 9.17) is 5.73 Å². The van der Waals surface area contributed by atoms with Crippen molar-refractivity contribution in [3.05, 3.63) is 29.6 Å². The molecule has 0 spiro atoms. The molecule has 1 atom stereocenters. The van der Waals surface area contributed by atoms with E-state index in [1.807, 2.05) is 0 Å². The summed E-state index contributed by atoms with van der Waals surface area (Å²) < 4.78 is 23.1. The van der Waals surface area contributed by atoms with Crippen molar-refractivity contribution >= 4 is 21.4 Å². The average Bonchev–Trinajstić information content (AvgIpc) is 2.90. The molecule has 1 amide bonds. The molecule has 2 rings (SSSR count). The fourth-order valence-corrected chi connectivity index (χ4v) is 2.36. The number of rotatable bonds is 4. The van der Waals surface area contributed by atoms with Gasteiger partial charge in [-0.25, -0.2) is 8.42 Å². The van der Waals surface area contributed by atoms with Gasteiger partial charge in [-0.3, -0.25) is 4.79 Å². The Bertz CT molecular complexity index is 756. The van der Waals surface area contributed by atoms with Gasteiger partial charge in [0.05, 0.1) is 10.9 Å².